The van der Waals surface area contributed by atoms with Crippen LogP contribution in [0.15, 0.2) is 53.0 Å². The second kappa shape index (κ2) is 6.50. The van der Waals surface area contributed by atoms with Gasteiger partial charge in [-0.05, 0) is 37.1 Å². The summed E-state index contributed by atoms with van der Waals surface area (Å²) in [5.74, 6) is -2.01. The van der Waals surface area contributed by atoms with Gasteiger partial charge >= 0.3 is 0 Å². The summed E-state index contributed by atoms with van der Waals surface area (Å²) < 4.78 is 0.822. The van der Waals surface area contributed by atoms with E-state index in [1.54, 1.807) is 0 Å². The minimum atomic E-state index is -1.21. The molecule has 4 atom stereocenters. The van der Waals surface area contributed by atoms with E-state index >= 15 is 0 Å². The summed E-state index contributed by atoms with van der Waals surface area (Å²) in [6.45, 7) is 2.20. The fraction of sp³-hybridized carbons (Fsp3) is 0.318. The predicted octanol–water partition coefficient (Wildman–Crippen LogP) is 2.43. The lowest BCUT2D eigenvalue weighted by atomic mass is 9.76. The van der Waals surface area contributed by atoms with Gasteiger partial charge in [-0.2, -0.15) is 0 Å². The van der Waals surface area contributed by atoms with Crippen molar-refractivity contribution in [2.45, 2.75) is 24.9 Å². The molecular formula is C22H20BrN3O3. The maximum Gasteiger partial charge on any atom is 0.250 e. The number of carbonyl (C=O) groups is 3. The fourth-order valence-electron chi connectivity index (χ4n) is 5.10. The number of hydrogen-bond donors (Lipinski definition) is 2. The first kappa shape index (κ1) is 18.5. The lowest BCUT2D eigenvalue weighted by Gasteiger charge is -2.29. The molecule has 2 fully saturated rings. The number of anilines is 1. The summed E-state index contributed by atoms with van der Waals surface area (Å²) in [6.07, 6.45) is 0.598. The van der Waals surface area contributed by atoms with Crippen LogP contribution in [-0.4, -0.2) is 35.2 Å². The van der Waals surface area contributed by atoms with Crippen LogP contribution in [0.25, 0.3) is 0 Å². The van der Waals surface area contributed by atoms with Gasteiger partial charge in [-0.1, -0.05) is 46.3 Å². The second-order valence-electron chi connectivity index (χ2n) is 7.95. The molecule has 3 aliphatic rings. The van der Waals surface area contributed by atoms with Crippen LogP contribution in [0.4, 0.5) is 5.69 Å². The van der Waals surface area contributed by atoms with Gasteiger partial charge in [0.2, 0.25) is 17.7 Å². The van der Waals surface area contributed by atoms with E-state index in [1.807, 2.05) is 55.5 Å². The van der Waals surface area contributed by atoms with E-state index in [0.717, 1.165) is 15.6 Å². The molecule has 5 rings (SSSR count). The SMILES string of the molecule is CC1NC2(C(=O)Nc3ccc(Br)cc32)C2C(=O)N(CCc3ccccc3)C(=O)C12. The molecule has 0 aliphatic carbocycles. The molecule has 1 spiro atoms. The molecule has 0 saturated carbocycles. The summed E-state index contributed by atoms with van der Waals surface area (Å²) in [5, 5.41) is 6.21. The first-order chi connectivity index (χ1) is 13.9. The molecule has 2 aromatic carbocycles. The summed E-state index contributed by atoms with van der Waals surface area (Å²) in [4.78, 5) is 41.1. The van der Waals surface area contributed by atoms with Gasteiger partial charge in [0.25, 0.3) is 0 Å². The van der Waals surface area contributed by atoms with Gasteiger partial charge in [-0.25, -0.2) is 0 Å². The number of nitrogens with one attached hydrogen (secondary N) is 2. The molecule has 3 aliphatic heterocycles. The average Bonchev–Trinajstić information content (AvgIpc) is 3.26. The first-order valence-electron chi connectivity index (χ1n) is 9.72. The third-order valence-corrected chi connectivity index (χ3v) is 6.88. The highest BCUT2D eigenvalue weighted by Gasteiger charge is 2.69. The van der Waals surface area contributed by atoms with Crippen molar-refractivity contribution >= 4 is 39.3 Å². The third kappa shape index (κ3) is 2.53. The number of likely N-dealkylation sites (tertiary alicyclic amines) is 1. The molecule has 2 N–H and O–H groups in total. The lowest BCUT2D eigenvalue weighted by Crippen LogP contribution is -2.53. The van der Waals surface area contributed by atoms with Crippen LogP contribution >= 0.6 is 15.9 Å². The number of imide groups is 1. The minimum Gasteiger partial charge on any atom is -0.324 e. The van der Waals surface area contributed by atoms with Crippen molar-refractivity contribution in [3.8, 4) is 0 Å². The smallest absolute Gasteiger partial charge is 0.250 e. The molecule has 4 unspecified atom stereocenters. The zero-order valence-corrected chi connectivity index (χ0v) is 17.4. The number of nitrogens with zero attached hydrogens (tertiary/aromatic N) is 1. The van der Waals surface area contributed by atoms with Gasteiger partial charge in [0.05, 0.1) is 11.8 Å². The summed E-state index contributed by atoms with van der Waals surface area (Å²) in [7, 11) is 0. The Kier molecular flexibility index (Phi) is 4.15. The van der Waals surface area contributed by atoms with Gasteiger partial charge in [-0.3, -0.25) is 24.6 Å². The molecule has 0 bridgehead atoms. The van der Waals surface area contributed by atoms with Crippen molar-refractivity contribution in [3.63, 3.8) is 0 Å². The zero-order valence-electron chi connectivity index (χ0n) is 15.8. The number of rotatable bonds is 3. The normalized spacial score (nSPS) is 30.1. The Hall–Kier alpha value is -2.51. The fourth-order valence-corrected chi connectivity index (χ4v) is 5.46. The molecule has 2 aromatic rings. The van der Waals surface area contributed by atoms with Gasteiger partial charge < -0.3 is 5.32 Å². The molecule has 148 valence electrons. The summed E-state index contributed by atoms with van der Waals surface area (Å²) >= 11 is 3.46. The molecule has 6 nitrogen and oxygen atoms in total. The first-order valence-corrected chi connectivity index (χ1v) is 10.5. The standard InChI is InChI=1S/C22H20BrN3O3/c1-12-17-18(20(28)26(19(17)27)10-9-13-5-3-2-4-6-13)22(25-12)15-11-14(23)7-8-16(15)24-21(22)29/h2-8,11-12,17-18,25H,9-10H2,1H3,(H,24,29). The molecule has 3 heterocycles. The van der Waals surface area contributed by atoms with Gasteiger partial charge in [0.1, 0.15) is 5.54 Å². The van der Waals surface area contributed by atoms with E-state index in [0.29, 0.717) is 18.7 Å². The molecular weight excluding hydrogens is 434 g/mol. The van der Waals surface area contributed by atoms with Crippen molar-refractivity contribution in [1.29, 1.82) is 0 Å². The number of fused-ring (bicyclic) bond motifs is 4. The molecule has 0 radical (unpaired) electrons. The van der Waals surface area contributed by atoms with E-state index in [9.17, 15) is 14.4 Å². The van der Waals surface area contributed by atoms with Crippen LogP contribution in [-0.2, 0) is 26.3 Å². The average molecular weight is 454 g/mol. The van der Waals surface area contributed by atoms with Crippen molar-refractivity contribution in [3.05, 3.63) is 64.1 Å². The monoisotopic (exact) mass is 453 g/mol. The van der Waals surface area contributed by atoms with E-state index in [4.69, 9.17) is 0 Å². The Morgan fingerprint density at radius 2 is 1.83 bits per heavy atom. The van der Waals surface area contributed by atoms with Crippen LogP contribution in [0.5, 0.6) is 0 Å². The number of amides is 3. The Morgan fingerprint density at radius 3 is 2.59 bits per heavy atom. The quantitative estimate of drug-likeness (QED) is 0.699. The Bertz CT molecular complexity index is 1040. The Labute approximate surface area is 176 Å². The van der Waals surface area contributed by atoms with Crippen LogP contribution in [0.2, 0.25) is 0 Å². The van der Waals surface area contributed by atoms with Crippen molar-refractivity contribution in [2.24, 2.45) is 11.8 Å². The Morgan fingerprint density at radius 1 is 1.07 bits per heavy atom. The highest BCUT2D eigenvalue weighted by molar-refractivity contribution is 9.10. The van der Waals surface area contributed by atoms with E-state index in [2.05, 4.69) is 26.6 Å². The highest BCUT2D eigenvalue weighted by Crippen LogP contribution is 2.53. The number of halogens is 1. The zero-order chi connectivity index (χ0) is 20.3. The van der Waals surface area contributed by atoms with Crippen LogP contribution < -0.4 is 10.6 Å². The second-order valence-corrected chi connectivity index (χ2v) is 8.87. The topological polar surface area (TPSA) is 78.5 Å². The molecule has 3 amide bonds. The number of benzene rings is 2. The van der Waals surface area contributed by atoms with Crippen LogP contribution in [0.1, 0.15) is 18.1 Å². The summed E-state index contributed by atoms with van der Waals surface area (Å²) in [6, 6.07) is 15.0. The van der Waals surface area contributed by atoms with E-state index < -0.39 is 17.4 Å². The van der Waals surface area contributed by atoms with E-state index in [1.165, 1.54) is 4.90 Å². The molecule has 7 heteroatoms. The molecule has 0 aromatic heterocycles. The third-order valence-electron chi connectivity index (χ3n) is 6.38. The van der Waals surface area contributed by atoms with Gasteiger partial charge in [0.15, 0.2) is 0 Å². The van der Waals surface area contributed by atoms with Crippen molar-refractivity contribution in [2.75, 3.05) is 11.9 Å². The van der Waals surface area contributed by atoms with Gasteiger partial charge in [0, 0.05) is 28.3 Å². The molecule has 29 heavy (non-hydrogen) atoms. The maximum absolute atomic E-state index is 13.4. The predicted molar refractivity (Wildman–Crippen MR) is 111 cm³/mol. The van der Waals surface area contributed by atoms with Crippen LogP contribution in [0, 0.1) is 11.8 Å². The lowest BCUT2D eigenvalue weighted by molar-refractivity contribution is -0.142. The maximum atomic E-state index is 13.4. The van der Waals surface area contributed by atoms with Crippen molar-refractivity contribution < 1.29 is 14.4 Å². The largest absolute Gasteiger partial charge is 0.324 e. The van der Waals surface area contributed by atoms with Crippen molar-refractivity contribution in [1.82, 2.24) is 10.2 Å². The minimum absolute atomic E-state index is 0.191. The van der Waals surface area contributed by atoms with E-state index in [-0.39, 0.29) is 23.8 Å². The molecule has 2 saturated heterocycles. The number of carbonyl (C=O) groups excluding carboxylic acids is 3. The summed E-state index contributed by atoms with van der Waals surface area (Å²) in [5.41, 5.74) is 1.26. The highest BCUT2D eigenvalue weighted by atomic mass is 79.9. The number of hydrogen-bond acceptors (Lipinski definition) is 4. The van der Waals surface area contributed by atoms with Crippen LogP contribution in [0.3, 0.4) is 0 Å². The van der Waals surface area contributed by atoms with Gasteiger partial charge in [-0.15, -0.1) is 0 Å². The Balaban J connectivity index is 1.52.